The lowest BCUT2D eigenvalue weighted by molar-refractivity contribution is -0.384. The van der Waals surface area contributed by atoms with Gasteiger partial charge < -0.3 is 10.2 Å². The van der Waals surface area contributed by atoms with Crippen LogP contribution in [0.2, 0.25) is 0 Å². The van der Waals surface area contributed by atoms with Crippen LogP contribution in [0.1, 0.15) is 23.2 Å². The molecule has 2 aliphatic heterocycles. The molecule has 4 rings (SSSR count). The number of anilines is 1. The molecule has 1 fully saturated rings. The Morgan fingerprint density at radius 1 is 1.09 bits per heavy atom. The maximum Gasteiger partial charge on any atom is 0.269 e. The van der Waals surface area contributed by atoms with Gasteiger partial charge in [-0.15, -0.1) is 0 Å². The molecular formula is C21H22N4O6S. The molecule has 11 heteroatoms. The number of nitro groups is 1. The fraction of sp³-hybridized carbons (Fsp3) is 0.333. The highest BCUT2D eigenvalue weighted by Gasteiger charge is 2.36. The summed E-state index contributed by atoms with van der Waals surface area (Å²) in [7, 11) is -3.90. The van der Waals surface area contributed by atoms with Gasteiger partial charge in [0.15, 0.2) is 0 Å². The molecule has 32 heavy (non-hydrogen) atoms. The molecule has 2 amide bonds. The Balaban J connectivity index is 1.56. The Labute approximate surface area is 185 Å². The normalized spacial score (nSPS) is 19.6. The number of para-hydroxylation sites is 1. The molecule has 0 aliphatic carbocycles. The smallest absolute Gasteiger partial charge is 0.269 e. The fourth-order valence-electron chi connectivity index (χ4n) is 4.10. The monoisotopic (exact) mass is 458 g/mol. The van der Waals surface area contributed by atoms with E-state index in [-0.39, 0.29) is 35.5 Å². The minimum Gasteiger partial charge on any atom is -0.350 e. The molecule has 0 saturated carbocycles. The van der Waals surface area contributed by atoms with Crippen molar-refractivity contribution in [1.29, 1.82) is 0 Å². The zero-order valence-electron chi connectivity index (χ0n) is 17.1. The lowest BCUT2D eigenvalue weighted by Crippen LogP contribution is -2.47. The largest absolute Gasteiger partial charge is 0.350 e. The van der Waals surface area contributed by atoms with Crippen LogP contribution in [0.15, 0.2) is 53.4 Å². The van der Waals surface area contributed by atoms with Crippen molar-refractivity contribution in [2.45, 2.75) is 17.7 Å². The highest BCUT2D eigenvalue weighted by Crippen LogP contribution is 2.29. The van der Waals surface area contributed by atoms with Crippen molar-refractivity contribution >= 4 is 33.2 Å². The van der Waals surface area contributed by atoms with Gasteiger partial charge in [0.2, 0.25) is 15.9 Å². The predicted molar refractivity (Wildman–Crippen MR) is 116 cm³/mol. The quantitative estimate of drug-likeness (QED) is 0.549. The third-order valence-corrected chi connectivity index (χ3v) is 7.62. The molecule has 0 spiro atoms. The molecule has 0 aromatic heterocycles. The molecule has 0 bridgehead atoms. The van der Waals surface area contributed by atoms with E-state index in [2.05, 4.69) is 5.32 Å². The van der Waals surface area contributed by atoms with Crippen LogP contribution in [0.25, 0.3) is 0 Å². The summed E-state index contributed by atoms with van der Waals surface area (Å²) >= 11 is 0. The van der Waals surface area contributed by atoms with Crippen molar-refractivity contribution in [2.24, 2.45) is 5.92 Å². The minimum absolute atomic E-state index is 0.0121. The van der Waals surface area contributed by atoms with Gasteiger partial charge in [-0.25, -0.2) is 8.42 Å². The van der Waals surface area contributed by atoms with E-state index in [1.54, 1.807) is 29.2 Å². The third kappa shape index (κ3) is 4.08. The molecule has 0 radical (unpaired) electrons. The average Bonchev–Trinajstić information content (AvgIpc) is 2.97. The number of amides is 2. The van der Waals surface area contributed by atoms with E-state index in [4.69, 9.17) is 0 Å². The van der Waals surface area contributed by atoms with Gasteiger partial charge in [-0.3, -0.25) is 19.7 Å². The summed E-state index contributed by atoms with van der Waals surface area (Å²) in [4.78, 5) is 37.4. The zero-order chi connectivity index (χ0) is 22.9. The second-order valence-electron chi connectivity index (χ2n) is 7.72. The first-order valence-corrected chi connectivity index (χ1v) is 11.7. The SMILES string of the molecule is O=C1NCCN(C(=O)C2CCCN(S(=O)(=O)c3ccc([N+](=O)[O-])cc3)C2)c2ccccc21. The number of non-ortho nitro benzene ring substituents is 1. The maximum absolute atomic E-state index is 13.4. The van der Waals surface area contributed by atoms with Crippen molar-refractivity contribution in [2.75, 3.05) is 31.1 Å². The first kappa shape index (κ1) is 21.9. The molecular weight excluding hydrogens is 436 g/mol. The van der Waals surface area contributed by atoms with E-state index in [9.17, 15) is 28.1 Å². The van der Waals surface area contributed by atoms with Gasteiger partial charge in [-0.05, 0) is 37.1 Å². The Kier molecular flexibility index (Phi) is 5.94. The molecule has 1 atom stereocenters. The van der Waals surface area contributed by atoms with Crippen LogP contribution in [0.3, 0.4) is 0 Å². The highest BCUT2D eigenvalue weighted by molar-refractivity contribution is 7.89. The number of carbonyl (C=O) groups excluding carboxylic acids is 2. The molecule has 2 aromatic carbocycles. The number of fused-ring (bicyclic) bond motifs is 1. The van der Waals surface area contributed by atoms with Gasteiger partial charge in [-0.1, -0.05) is 12.1 Å². The molecule has 2 heterocycles. The summed E-state index contributed by atoms with van der Waals surface area (Å²) < 4.78 is 27.4. The van der Waals surface area contributed by atoms with Gasteiger partial charge in [0.05, 0.1) is 27.0 Å². The highest BCUT2D eigenvalue weighted by atomic mass is 32.2. The number of nitrogens with zero attached hydrogens (tertiary/aromatic N) is 3. The van der Waals surface area contributed by atoms with Crippen LogP contribution in [-0.2, 0) is 14.8 Å². The Morgan fingerprint density at radius 3 is 2.53 bits per heavy atom. The predicted octanol–water partition coefficient (Wildman–Crippen LogP) is 1.77. The number of nitro benzene ring substituents is 1. The summed E-state index contributed by atoms with van der Waals surface area (Å²) in [6.45, 7) is 0.877. The molecule has 10 nitrogen and oxygen atoms in total. The fourth-order valence-corrected chi connectivity index (χ4v) is 5.62. The van der Waals surface area contributed by atoms with Crippen molar-refractivity contribution < 1.29 is 22.9 Å². The number of piperidine rings is 1. The molecule has 168 valence electrons. The summed E-state index contributed by atoms with van der Waals surface area (Å²) in [5.41, 5.74) is 0.728. The molecule has 1 unspecified atom stereocenters. The van der Waals surface area contributed by atoms with Crippen LogP contribution in [0.5, 0.6) is 0 Å². The first-order chi connectivity index (χ1) is 15.3. The number of rotatable bonds is 4. The van der Waals surface area contributed by atoms with E-state index in [0.717, 1.165) is 12.1 Å². The maximum atomic E-state index is 13.4. The first-order valence-electron chi connectivity index (χ1n) is 10.2. The Bertz CT molecular complexity index is 1170. The lowest BCUT2D eigenvalue weighted by atomic mass is 9.97. The van der Waals surface area contributed by atoms with Gasteiger partial charge >= 0.3 is 0 Å². The van der Waals surface area contributed by atoms with Crippen molar-refractivity contribution in [1.82, 2.24) is 9.62 Å². The molecule has 2 aliphatic rings. The number of carbonyl (C=O) groups is 2. The zero-order valence-corrected chi connectivity index (χ0v) is 18.0. The number of hydrogen-bond acceptors (Lipinski definition) is 6. The van der Waals surface area contributed by atoms with E-state index in [0.29, 0.717) is 37.2 Å². The van der Waals surface area contributed by atoms with Gasteiger partial charge in [0, 0.05) is 38.3 Å². The van der Waals surface area contributed by atoms with Crippen molar-refractivity contribution in [3.8, 4) is 0 Å². The Hall–Kier alpha value is -3.31. The number of hydrogen-bond donors (Lipinski definition) is 1. The number of benzene rings is 2. The summed E-state index contributed by atoms with van der Waals surface area (Å²) in [5.74, 6) is -1.03. The Morgan fingerprint density at radius 2 is 1.81 bits per heavy atom. The topological polar surface area (TPSA) is 130 Å². The van der Waals surface area contributed by atoms with E-state index < -0.39 is 20.9 Å². The molecule has 1 saturated heterocycles. The average molecular weight is 458 g/mol. The molecule has 2 aromatic rings. The van der Waals surface area contributed by atoms with Crippen molar-refractivity contribution in [3.05, 3.63) is 64.2 Å². The second kappa shape index (κ2) is 8.67. The van der Waals surface area contributed by atoms with Gasteiger partial charge in [0.25, 0.3) is 11.6 Å². The van der Waals surface area contributed by atoms with E-state index in [1.807, 2.05) is 0 Å². The summed E-state index contributed by atoms with van der Waals surface area (Å²) in [5, 5.41) is 13.6. The minimum atomic E-state index is -3.90. The third-order valence-electron chi connectivity index (χ3n) is 5.75. The van der Waals surface area contributed by atoms with Crippen molar-refractivity contribution in [3.63, 3.8) is 0 Å². The summed E-state index contributed by atoms with van der Waals surface area (Å²) in [6.07, 6.45) is 1.04. The number of nitrogens with one attached hydrogen (secondary N) is 1. The van der Waals surface area contributed by atoms with Crippen LogP contribution in [-0.4, -0.2) is 55.6 Å². The van der Waals surface area contributed by atoms with Crippen LogP contribution in [0.4, 0.5) is 11.4 Å². The standard InChI is InChI=1S/C21H22N4O6S/c26-20-18-5-1-2-6-19(18)24(13-11-22-20)21(27)15-4-3-12-23(14-15)32(30,31)17-9-7-16(8-10-17)25(28)29/h1-2,5-10,15H,3-4,11-14H2,(H,22,26). The molecule has 1 N–H and O–H groups in total. The van der Waals surface area contributed by atoms with Crippen LogP contribution < -0.4 is 10.2 Å². The van der Waals surface area contributed by atoms with Crippen LogP contribution >= 0.6 is 0 Å². The lowest BCUT2D eigenvalue weighted by Gasteiger charge is -2.34. The second-order valence-corrected chi connectivity index (χ2v) is 9.65. The number of sulfonamides is 1. The van der Waals surface area contributed by atoms with E-state index in [1.165, 1.54) is 16.4 Å². The van der Waals surface area contributed by atoms with Gasteiger partial charge in [0.1, 0.15) is 0 Å². The van der Waals surface area contributed by atoms with E-state index >= 15 is 0 Å². The van der Waals surface area contributed by atoms with Crippen LogP contribution in [0, 0.1) is 16.0 Å². The summed E-state index contributed by atoms with van der Waals surface area (Å²) in [6, 6.07) is 11.6. The van der Waals surface area contributed by atoms with Gasteiger partial charge in [-0.2, -0.15) is 4.31 Å².